The van der Waals surface area contributed by atoms with Crippen molar-refractivity contribution in [1.29, 1.82) is 0 Å². The maximum atomic E-state index is 11.7. The topological polar surface area (TPSA) is 58.2 Å². The van der Waals surface area contributed by atoms with Crippen LogP contribution in [0.2, 0.25) is 0 Å². The van der Waals surface area contributed by atoms with Gasteiger partial charge in [-0.2, -0.15) is 0 Å². The average molecular weight is 234 g/mol. The Balaban J connectivity index is 2.99. The van der Waals surface area contributed by atoms with Gasteiger partial charge in [-0.3, -0.25) is 14.9 Å². The van der Waals surface area contributed by atoms with Gasteiger partial charge in [-0.25, -0.2) is 0 Å². The fourth-order valence-corrected chi connectivity index (χ4v) is 1.56. The molecule has 0 aliphatic carbocycles. The van der Waals surface area contributed by atoms with Gasteiger partial charge in [-0.1, -0.05) is 26.0 Å². The van der Waals surface area contributed by atoms with Crippen LogP contribution in [0, 0.1) is 12.8 Å². The molecule has 0 spiro atoms. The first kappa shape index (κ1) is 13.2. The first-order valence-electron chi connectivity index (χ1n) is 5.64. The van der Waals surface area contributed by atoms with Gasteiger partial charge in [0.25, 0.3) is 5.91 Å². The van der Waals surface area contributed by atoms with Crippen molar-refractivity contribution in [3.05, 3.63) is 29.3 Å². The Morgan fingerprint density at radius 1 is 1.41 bits per heavy atom. The van der Waals surface area contributed by atoms with Gasteiger partial charge in [-0.15, -0.1) is 0 Å². The van der Waals surface area contributed by atoms with E-state index in [0.717, 1.165) is 17.8 Å². The minimum atomic E-state index is -0.371. The summed E-state index contributed by atoms with van der Waals surface area (Å²) in [5, 5.41) is 5.39. The van der Waals surface area contributed by atoms with E-state index in [0.29, 0.717) is 17.9 Å². The van der Waals surface area contributed by atoms with Gasteiger partial charge >= 0.3 is 0 Å². The molecule has 1 aromatic carbocycles. The standard InChI is InChI=1S/C13H18N2O2/c1-9(2)7-14-11-6-4-5-10(3)12(11)13(17)15-8-16/h4-6,8-9,14H,7H2,1-3H3,(H,15,16,17). The summed E-state index contributed by atoms with van der Waals surface area (Å²) in [5.74, 6) is 0.113. The highest BCUT2D eigenvalue weighted by Crippen LogP contribution is 2.19. The van der Waals surface area contributed by atoms with Crippen LogP contribution in [0.5, 0.6) is 0 Å². The molecule has 0 heterocycles. The Bertz CT molecular complexity index is 414. The lowest BCUT2D eigenvalue weighted by Gasteiger charge is -2.14. The number of aryl methyl sites for hydroxylation is 1. The predicted molar refractivity (Wildman–Crippen MR) is 68.0 cm³/mol. The van der Waals surface area contributed by atoms with Crippen LogP contribution in [0.3, 0.4) is 0 Å². The number of rotatable bonds is 5. The second kappa shape index (κ2) is 6.03. The van der Waals surface area contributed by atoms with Crippen LogP contribution < -0.4 is 10.6 Å². The van der Waals surface area contributed by atoms with Crippen LogP contribution >= 0.6 is 0 Å². The second-order valence-corrected chi connectivity index (χ2v) is 4.36. The van der Waals surface area contributed by atoms with Gasteiger partial charge in [0.1, 0.15) is 0 Å². The first-order chi connectivity index (χ1) is 8.06. The number of anilines is 1. The minimum absolute atomic E-state index is 0.371. The summed E-state index contributed by atoms with van der Waals surface area (Å²) in [6.07, 6.45) is 0.404. The molecule has 0 bridgehead atoms. The van der Waals surface area contributed by atoms with Gasteiger partial charge in [0.05, 0.1) is 5.56 Å². The van der Waals surface area contributed by atoms with E-state index in [1.165, 1.54) is 0 Å². The van der Waals surface area contributed by atoms with Crippen molar-refractivity contribution < 1.29 is 9.59 Å². The molecule has 0 unspecified atom stereocenters. The molecule has 0 radical (unpaired) electrons. The largest absolute Gasteiger partial charge is 0.384 e. The monoisotopic (exact) mass is 234 g/mol. The van der Waals surface area contributed by atoms with E-state index < -0.39 is 0 Å². The van der Waals surface area contributed by atoms with Crippen molar-refractivity contribution in [3.63, 3.8) is 0 Å². The molecule has 0 aliphatic rings. The average Bonchev–Trinajstić information content (AvgIpc) is 2.26. The van der Waals surface area contributed by atoms with Gasteiger partial charge in [-0.05, 0) is 24.5 Å². The van der Waals surface area contributed by atoms with E-state index in [2.05, 4.69) is 24.5 Å². The lowest BCUT2D eigenvalue weighted by atomic mass is 10.1. The normalized spacial score (nSPS) is 10.1. The summed E-state index contributed by atoms with van der Waals surface area (Å²) in [6.45, 7) is 6.81. The molecular weight excluding hydrogens is 216 g/mol. The maximum absolute atomic E-state index is 11.7. The molecule has 2 amide bonds. The lowest BCUT2D eigenvalue weighted by molar-refractivity contribution is -0.108. The predicted octanol–water partition coefficient (Wildman–Crippen LogP) is 1.95. The Morgan fingerprint density at radius 3 is 2.71 bits per heavy atom. The third kappa shape index (κ3) is 3.59. The van der Waals surface area contributed by atoms with Crippen molar-refractivity contribution in [1.82, 2.24) is 5.32 Å². The van der Waals surface area contributed by atoms with E-state index >= 15 is 0 Å². The number of hydrogen-bond donors (Lipinski definition) is 2. The minimum Gasteiger partial charge on any atom is -0.384 e. The SMILES string of the molecule is Cc1cccc(NCC(C)C)c1C(=O)NC=O. The number of imide groups is 1. The molecule has 17 heavy (non-hydrogen) atoms. The molecule has 4 nitrogen and oxygen atoms in total. The quantitative estimate of drug-likeness (QED) is 0.765. The molecule has 92 valence electrons. The third-order valence-corrected chi connectivity index (χ3v) is 2.39. The summed E-state index contributed by atoms with van der Waals surface area (Å²) in [6, 6.07) is 5.57. The van der Waals surface area contributed by atoms with Gasteiger partial charge in [0.15, 0.2) is 0 Å². The van der Waals surface area contributed by atoms with Crippen molar-refractivity contribution in [3.8, 4) is 0 Å². The van der Waals surface area contributed by atoms with Crippen LogP contribution in [0.25, 0.3) is 0 Å². The van der Waals surface area contributed by atoms with Crippen molar-refractivity contribution >= 4 is 18.0 Å². The summed E-state index contributed by atoms with van der Waals surface area (Å²) in [5.41, 5.74) is 2.14. The van der Waals surface area contributed by atoms with E-state index in [-0.39, 0.29) is 5.91 Å². The summed E-state index contributed by atoms with van der Waals surface area (Å²) >= 11 is 0. The highest BCUT2D eigenvalue weighted by Gasteiger charge is 2.13. The fraction of sp³-hybridized carbons (Fsp3) is 0.385. The number of amides is 2. The zero-order valence-electron chi connectivity index (χ0n) is 10.4. The molecule has 0 saturated carbocycles. The molecule has 1 aromatic rings. The van der Waals surface area contributed by atoms with E-state index in [9.17, 15) is 9.59 Å². The lowest BCUT2D eigenvalue weighted by Crippen LogP contribution is -2.24. The van der Waals surface area contributed by atoms with Crippen LogP contribution in [0.15, 0.2) is 18.2 Å². The molecule has 0 aliphatic heterocycles. The van der Waals surface area contributed by atoms with Gasteiger partial charge < -0.3 is 5.32 Å². The molecule has 0 saturated heterocycles. The Kier molecular flexibility index (Phi) is 4.69. The van der Waals surface area contributed by atoms with E-state index in [4.69, 9.17) is 0 Å². The van der Waals surface area contributed by atoms with Crippen molar-refractivity contribution in [2.45, 2.75) is 20.8 Å². The van der Waals surface area contributed by atoms with Crippen LogP contribution in [0.4, 0.5) is 5.69 Å². The maximum Gasteiger partial charge on any atom is 0.259 e. The zero-order valence-corrected chi connectivity index (χ0v) is 10.4. The molecular formula is C13H18N2O2. The fourth-order valence-electron chi connectivity index (χ4n) is 1.56. The molecule has 2 N–H and O–H groups in total. The molecule has 1 rings (SSSR count). The molecule has 4 heteroatoms. The van der Waals surface area contributed by atoms with E-state index in [1.807, 2.05) is 25.1 Å². The number of carbonyl (C=O) groups is 2. The van der Waals surface area contributed by atoms with Crippen LogP contribution in [-0.4, -0.2) is 18.9 Å². The van der Waals surface area contributed by atoms with Gasteiger partial charge in [0.2, 0.25) is 6.41 Å². The Morgan fingerprint density at radius 2 is 2.12 bits per heavy atom. The molecule has 0 fully saturated rings. The summed E-state index contributed by atoms with van der Waals surface area (Å²) < 4.78 is 0. The third-order valence-electron chi connectivity index (χ3n) is 2.39. The number of nitrogens with one attached hydrogen (secondary N) is 2. The summed E-state index contributed by atoms with van der Waals surface area (Å²) in [7, 11) is 0. The molecule has 0 aromatic heterocycles. The second-order valence-electron chi connectivity index (χ2n) is 4.36. The number of hydrogen-bond acceptors (Lipinski definition) is 3. The summed E-state index contributed by atoms with van der Waals surface area (Å²) in [4.78, 5) is 22.1. The zero-order chi connectivity index (χ0) is 12.8. The highest BCUT2D eigenvalue weighted by atomic mass is 16.2. The number of benzene rings is 1. The Labute approximate surface area is 101 Å². The van der Waals surface area contributed by atoms with E-state index in [1.54, 1.807) is 0 Å². The van der Waals surface area contributed by atoms with Crippen LogP contribution in [0.1, 0.15) is 29.8 Å². The van der Waals surface area contributed by atoms with Crippen LogP contribution in [-0.2, 0) is 4.79 Å². The van der Waals surface area contributed by atoms with Crippen molar-refractivity contribution in [2.75, 3.05) is 11.9 Å². The Hall–Kier alpha value is -1.84. The number of carbonyl (C=O) groups excluding carboxylic acids is 2. The van der Waals surface area contributed by atoms with Crippen molar-refractivity contribution in [2.24, 2.45) is 5.92 Å². The van der Waals surface area contributed by atoms with Gasteiger partial charge in [0, 0.05) is 12.2 Å². The molecule has 0 atom stereocenters. The smallest absolute Gasteiger partial charge is 0.259 e. The first-order valence-corrected chi connectivity index (χ1v) is 5.64. The highest BCUT2D eigenvalue weighted by molar-refractivity contribution is 6.05.